The highest BCUT2D eigenvalue weighted by Crippen LogP contribution is 2.30. The summed E-state index contributed by atoms with van der Waals surface area (Å²) in [5.74, 6) is -0.748. The van der Waals surface area contributed by atoms with E-state index in [-0.39, 0.29) is 54.5 Å². The number of fused-ring (bicyclic) bond motifs is 1. The highest BCUT2D eigenvalue weighted by atomic mass is 35.5. The van der Waals surface area contributed by atoms with Crippen molar-refractivity contribution in [2.45, 2.75) is 51.1 Å². The van der Waals surface area contributed by atoms with Crippen LogP contribution in [0.1, 0.15) is 47.9 Å². The van der Waals surface area contributed by atoms with Gasteiger partial charge in [0.25, 0.3) is 0 Å². The number of hydrogen-bond acceptors (Lipinski definition) is 5. The average Bonchev–Trinajstić information content (AvgIpc) is 3.21. The van der Waals surface area contributed by atoms with Crippen molar-refractivity contribution in [1.29, 1.82) is 5.41 Å². The normalized spacial score (nSPS) is 18.2. The molecule has 210 valence electrons. The van der Waals surface area contributed by atoms with E-state index >= 15 is 0 Å². The van der Waals surface area contributed by atoms with Gasteiger partial charge in [-0.15, -0.1) is 12.4 Å². The summed E-state index contributed by atoms with van der Waals surface area (Å²) < 4.78 is 4.80. The second kappa shape index (κ2) is 14.0. The van der Waals surface area contributed by atoms with Crippen LogP contribution < -0.4 is 11.1 Å². The lowest BCUT2D eigenvalue weighted by molar-refractivity contribution is -0.144. The second-order valence-corrected chi connectivity index (χ2v) is 10.1. The fourth-order valence-corrected chi connectivity index (χ4v) is 5.45. The number of nitrogen functional groups attached to an aromatic ring is 1. The molecule has 2 aromatic carbocycles. The van der Waals surface area contributed by atoms with Crippen LogP contribution in [0.5, 0.6) is 0 Å². The molecule has 2 heterocycles. The van der Waals surface area contributed by atoms with Gasteiger partial charge in [0.2, 0.25) is 5.91 Å². The molecule has 0 saturated carbocycles. The molecule has 1 fully saturated rings. The summed E-state index contributed by atoms with van der Waals surface area (Å²) in [6.45, 7) is 2.14. The molecule has 2 aliphatic heterocycles. The Morgan fingerprint density at radius 2 is 1.92 bits per heavy atom. The minimum atomic E-state index is -0.381. The van der Waals surface area contributed by atoms with Gasteiger partial charge < -0.3 is 25.6 Å². The average molecular weight is 556 g/mol. The first kappa shape index (κ1) is 30.0. The van der Waals surface area contributed by atoms with Crippen molar-refractivity contribution in [3.63, 3.8) is 0 Å². The van der Waals surface area contributed by atoms with E-state index in [0.717, 1.165) is 24.8 Å². The number of likely N-dealkylation sites (tertiary alicyclic amines) is 1. The number of amides is 3. The molecule has 3 amide bonds. The predicted molar refractivity (Wildman–Crippen MR) is 152 cm³/mol. The van der Waals surface area contributed by atoms with Crippen LogP contribution in [-0.2, 0) is 33.7 Å². The fourth-order valence-electron chi connectivity index (χ4n) is 5.45. The van der Waals surface area contributed by atoms with Gasteiger partial charge in [0.1, 0.15) is 5.84 Å². The number of hydrogen-bond donors (Lipinski definition) is 3. The Morgan fingerprint density at radius 3 is 2.64 bits per heavy atom. The summed E-state index contributed by atoms with van der Waals surface area (Å²) in [5, 5.41) is 10.7. The molecule has 0 radical (unpaired) electrons. The Labute approximate surface area is 236 Å². The maximum Gasteiger partial charge on any atom is 0.317 e. The Morgan fingerprint density at radius 1 is 1.15 bits per heavy atom. The quantitative estimate of drug-likeness (QED) is 0.235. The first-order valence-electron chi connectivity index (χ1n) is 13.3. The number of esters is 1. The molecule has 9 nitrogen and oxygen atoms in total. The van der Waals surface area contributed by atoms with Crippen LogP contribution in [-0.4, -0.2) is 66.3 Å². The van der Waals surface area contributed by atoms with Gasteiger partial charge in [-0.25, -0.2) is 4.79 Å². The zero-order valence-electron chi connectivity index (χ0n) is 22.4. The number of benzene rings is 2. The Bertz CT molecular complexity index is 1180. The van der Waals surface area contributed by atoms with Gasteiger partial charge in [-0.2, -0.15) is 0 Å². The number of nitrogens with one attached hydrogen (secondary N) is 2. The molecule has 10 heteroatoms. The van der Waals surface area contributed by atoms with Crippen LogP contribution in [0, 0.1) is 11.3 Å². The van der Waals surface area contributed by atoms with Crippen molar-refractivity contribution >= 4 is 36.2 Å². The zero-order valence-corrected chi connectivity index (χ0v) is 23.2. The van der Waals surface area contributed by atoms with Crippen LogP contribution in [0.2, 0.25) is 0 Å². The summed E-state index contributed by atoms with van der Waals surface area (Å²) in [7, 11) is 1.34. The maximum atomic E-state index is 13.1. The number of urea groups is 1. The minimum Gasteiger partial charge on any atom is -0.469 e. The number of methoxy groups -OCH3 is 1. The molecule has 0 aromatic heterocycles. The number of ether oxygens (including phenoxy) is 1. The Hall–Kier alpha value is -3.59. The molecule has 0 spiro atoms. The first-order valence-corrected chi connectivity index (χ1v) is 13.3. The molecule has 0 aliphatic carbocycles. The lowest BCUT2D eigenvalue weighted by atomic mass is 9.97. The van der Waals surface area contributed by atoms with Crippen molar-refractivity contribution in [1.82, 2.24) is 15.1 Å². The SMILES string of the molecule is COC(=O)C[C@@H]1C[C@@H](CCNC(=O)N2CCc3ccc(C(=N)N)cc3C2)N(CCCc2ccccc2)C1=O.Cl. The standard InChI is InChI=1S/C29H37N5O4.ClH/c1-38-26(35)18-23-17-25(34(28(23)36)14-5-8-20-6-3-2-4-7-20)11-13-32-29(37)33-15-12-21-9-10-22(27(30)31)16-24(21)19-33;/h2-4,6-7,9-10,16,23,25H,5,8,11-15,17-19H2,1H3,(H3,30,31)(H,32,37);1H/t23-,25+;/m0./s1. The Kier molecular flexibility index (Phi) is 10.7. The molecule has 1 saturated heterocycles. The third-order valence-corrected chi connectivity index (χ3v) is 7.55. The van der Waals surface area contributed by atoms with Gasteiger partial charge in [0.05, 0.1) is 19.4 Å². The first-order chi connectivity index (χ1) is 18.4. The number of amidine groups is 1. The van der Waals surface area contributed by atoms with Gasteiger partial charge in [-0.05, 0) is 54.9 Å². The van der Waals surface area contributed by atoms with E-state index < -0.39 is 0 Å². The highest BCUT2D eigenvalue weighted by Gasteiger charge is 2.40. The third-order valence-electron chi connectivity index (χ3n) is 7.55. The van der Waals surface area contributed by atoms with Gasteiger partial charge in [0, 0.05) is 37.8 Å². The molecule has 0 unspecified atom stereocenters. The lowest BCUT2D eigenvalue weighted by Crippen LogP contribution is -2.44. The van der Waals surface area contributed by atoms with Crippen molar-refractivity contribution in [2.75, 3.05) is 26.7 Å². The van der Waals surface area contributed by atoms with Crippen molar-refractivity contribution in [2.24, 2.45) is 11.7 Å². The molecule has 2 atom stereocenters. The summed E-state index contributed by atoms with van der Waals surface area (Å²) in [4.78, 5) is 41.6. The largest absolute Gasteiger partial charge is 0.469 e. The van der Waals surface area contributed by atoms with E-state index in [1.54, 1.807) is 4.90 Å². The predicted octanol–water partition coefficient (Wildman–Crippen LogP) is 3.26. The molecule has 4 rings (SSSR count). The molecular formula is C29H38ClN5O4. The maximum absolute atomic E-state index is 13.1. The van der Waals surface area contributed by atoms with Crippen molar-refractivity contribution < 1.29 is 19.1 Å². The molecular weight excluding hydrogens is 518 g/mol. The summed E-state index contributed by atoms with van der Waals surface area (Å²) >= 11 is 0. The molecule has 0 bridgehead atoms. The van der Waals surface area contributed by atoms with Gasteiger partial charge in [-0.3, -0.25) is 15.0 Å². The number of rotatable bonds is 10. The topological polar surface area (TPSA) is 129 Å². The lowest BCUT2D eigenvalue weighted by Gasteiger charge is -2.30. The van der Waals surface area contributed by atoms with Gasteiger partial charge >= 0.3 is 12.0 Å². The van der Waals surface area contributed by atoms with Crippen LogP contribution >= 0.6 is 12.4 Å². The van der Waals surface area contributed by atoms with Crippen LogP contribution in [0.15, 0.2) is 48.5 Å². The van der Waals surface area contributed by atoms with E-state index in [1.807, 2.05) is 41.3 Å². The van der Waals surface area contributed by atoms with E-state index in [4.69, 9.17) is 15.9 Å². The zero-order chi connectivity index (χ0) is 27.1. The molecule has 4 N–H and O–H groups in total. The number of nitrogens with two attached hydrogens (primary N) is 1. The number of carbonyl (C=O) groups is 3. The van der Waals surface area contributed by atoms with Crippen LogP contribution in [0.4, 0.5) is 4.79 Å². The molecule has 2 aromatic rings. The fraction of sp³-hybridized carbons (Fsp3) is 0.448. The van der Waals surface area contributed by atoms with E-state index in [2.05, 4.69) is 17.4 Å². The number of aryl methyl sites for hydroxylation is 1. The summed E-state index contributed by atoms with van der Waals surface area (Å²) in [5.41, 5.74) is 9.70. The minimum absolute atomic E-state index is 0. The number of carbonyl (C=O) groups excluding carboxylic acids is 3. The molecule has 39 heavy (non-hydrogen) atoms. The van der Waals surface area contributed by atoms with Crippen molar-refractivity contribution in [3.05, 3.63) is 70.8 Å². The van der Waals surface area contributed by atoms with E-state index in [0.29, 0.717) is 44.6 Å². The van der Waals surface area contributed by atoms with E-state index in [1.165, 1.54) is 18.2 Å². The summed E-state index contributed by atoms with van der Waals surface area (Å²) in [6.07, 6.45) is 3.75. The highest BCUT2D eigenvalue weighted by molar-refractivity contribution is 5.95. The van der Waals surface area contributed by atoms with Gasteiger partial charge in [-0.1, -0.05) is 42.5 Å². The molecule has 2 aliphatic rings. The third kappa shape index (κ3) is 7.72. The van der Waals surface area contributed by atoms with Crippen molar-refractivity contribution in [3.8, 4) is 0 Å². The number of nitrogens with zero attached hydrogens (tertiary/aromatic N) is 2. The second-order valence-electron chi connectivity index (χ2n) is 10.1. The smallest absolute Gasteiger partial charge is 0.317 e. The summed E-state index contributed by atoms with van der Waals surface area (Å²) in [6, 6.07) is 15.7. The monoisotopic (exact) mass is 555 g/mol. The van der Waals surface area contributed by atoms with Crippen LogP contribution in [0.25, 0.3) is 0 Å². The number of halogens is 1. The van der Waals surface area contributed by atoms with Crippen LogP contribution in [0.3, 0.4) is 0 Å². The Balaban J connectivity index is 0.00000420. The van der Waals surface area contributed by atoms with Gasteiger partial charge in [0.15, 0.2) is 0 Å². The van der Waals surface area contributed by atoms with E-state index in [9.17, 15) is 14.4 Å².